The molecular weight excluding hydrogens is 98.1 g/mol. The molecule has 0 spiro atoms. The Balaban J connectivity index is 2.72. The van der Waals surface area contributed by atoms with E-state index in [0.717, 1.165) is 6.42 Å². The van der Waals surface area contributed by atoms with E-state index < -0.39 is 0 Å². The molecule has 2 N–H and O–H groups in total. The van der Waals surface area contributed by atoms with Crippen LogP contribution in [-0.4, -0.2) is 6.04 Å². The highest BCUT2D eigenvalue weighted by Crippen LogP contribution is 1.99. The van der Waals surface area contributed by atoms with Crippen molar-refractivity contribution in [2.75, 3.05) is 0 Å². The Morgan fingerprint density at radius 1 is 1.50 bits per heavy atom. The van der Waals surface area contributed by atoms with Gasteiger partial charge in [-0.1, -0.05) is 26.2 Å². The van der Waals surface area contributed by atoms with Crippen LogP contribution in [0.4, 0.5) is 0 Å². The van der Waals surface area contributed by atoms with E-state index in [2.05, 4.69) is 13.8 Å². The first kappa shape index (κ1) is 7.96. The van der Waals surface area contributed by atoms with E-state index in [4.69, 9.17) is 5.73 Å². The lowest BCUT2D eigenvalue weighted by atomic mass is 10.1. The van der Waals surface area contributed by atoms with Gasteiger partial charge in [0.15, 0.2) is 0 Å². The van der Waals surface area contributed by atoms with Crippen molar-refractivity contribution in [1.29, 1.82) is 0 Å². The smallest absolute Gasteiger partial charge is 0.00394 e. The van der Waals surface area contributed by atoms with Gasteiger partial charge in [0.1, 0.15) is 0 Å². The number of rotatable bonds is 4. The molecule has 0 saturated heterocycles. The summed E-state index contributed by atoms with van der Waals surface area (Å²) in [5.74, 6) is 0. The molecule has 1 unspecified atom stereocenters. The second-order valence-electron chi connectivity index (χ2n) is 2.26. The maximum atomic E-state index is 5.42. The minimum atomic E-state index is 0.154. The fourth-order valence-corrected chi connectivity index (χ4v) is 0.657. The SMILES string of the molecule is [CH2]C(N)CCCCC. The first-order valence-electron chi connectivity index (χ1n) is 3.36. The maximum Gasteiger partial charge on any atom is 0.00394 e. The van der Waals surface area contributed by atoms with Crippen molar-refractivity contribution in [3.63, 3.8) is 0 Å². The van der Waals surface area contributed by atoms with Gasteiger partial charge in [-0.3, -0.25) is 0 Å². The van der Waals surface area contributed by atoms with Gasteiger partial charge in [0.2, 0.25) is 0 Å². The normalized spacial score (nSPS) is 13.9. The second kappa shape index (κ2) is 5.10. The summed E-state index contributed by atoms with van der Waals surface area (Å²) in [6.45, 7) is 5.88. The van der Waals surface area contributed by atoms with Crippen molar-refractivity contribution in [2.45, 2.75) is 38.6 Å². The number of hydrogen-bond acceptors (Lipinski definition) is 1. The molecule has 0 rings (SSSR count). The Hall–Kier alpha value is -0.0400. The minimum Gasteiger partial charge on any atom is -0.328 e. The average Bonchev–Trinajstić information content (AvgIpc) is 1.66. The van der Waals surface area contributed by atoms with Crippen LogP contribution in [0.1, 0.15) is 32.6 Å². The molecule has 0 bridgehead atoms. The minimum absolute atomic E-state index is 0.154. The van der Waals surface area contributed by atoms with E-state index in [1.807, 2.05) is 0 Å². The zero-order chi connectivity index (χ0) is 6.41. The summed E-state index contributed by atoms with van der Waals surface area (Å²) in [6.07, 6.45) is 4.88. The third-order valence-corrected chi connectivity index (χ3v) is 1.18. The highest BCUT2D eigenvalue weighted by Gasteiger charge is 1.90. The van der Waals surface area contributed by atoms with Crippen LogP contribution in [0.15, 0.2) is 0 Å². The van der Waals surface area contributed by atoms with Gasteiger partial charge in [-0.15, -0.1) is 0 Å². The van der Waals surface area contributed by atoms with Crippen LogP contribution >= 0.6 is 0 Å². The van der Waals surface area contributed by atoms with E-state index in [1.165, 1.54) is 19.3 Å². The average molecular weight is 114 g/mol. The summed E-state index contributed by atoms with van der Waals surface area (Å²) in [6, 6.07) is 0.154. The molecule has 49 valence electrons. The van der Waals surface area contributed by atoms with Crippen LogP contribution in [0.5, 0.6) is 0 Å². The van der Waals surface area contributed by atoms with Crippen LogP contribution < -0.4 is 5.73 Å². The molecule has 0 aliphatic carbocycles. The Labute approximate surface area is 52.3 Å². The van der Waals surface area contributed by atoms with Crippen molar-refractivity contribution in [3.8, 4) is 0 Å². The van der Waals surface area contributed by atoms with Gasteiger partial charge in [0, 0.05) is 6.04 Å². The lowest BCUT2D eigenvalue weighted by Gasteiger charge is -2.00. The van der Waals surface area contributed by atoms with Crippen LogP contribution in [-0.2, 0) is 0 Å². The Morgan fingerprint density at radius 2 is 2.12 bits per heavy atom. The summed E-state index contributed by atoms with van der Waals surface area (Å²) < 4.78 is 0. The molecule has 8 heavy (non-hydrogen) atoms. The predicted molar refractivity (Wildman–Crippen MR) is 37.5 cm³/mol. The standard InChI is InChI=1S/C7H16N/c1-3-4-5-6-7(2)8/h7H,2-6,8H2,1H3. The van der Waals surface area contributed by atoms with Crippen LogP contribution in [0.25, 0.3) is 0 Å². The molecule has 1 radical (unpaired) electrons. The third-order valence-electron chi connectivity index (χ3n) is 1.18. The molecule has 0 fully saturated rings. The number of nitrogens with two attached hydrogens (primary N) is 1. The first-order chi connectivity index (χ1) is 3.77. The zero-order valence-corrected chi connectivity index (χ0v) is 5.69. The Bertz CT molecular complexity index is 41.7. The monoisotopic (exact) mass is 114 g/mol. The molecule has 0 aromatic rings. The molecule has 0 heterocycles. The molecule has 0 aromatic carbocycles. The molecule has 1 nitrogen and oxygen atoms in total. The topological polar surface area (TPSA) is 26.0 Å². The van der Waals surface area contributed by atoms with Crippen molar-refractivity contribution in [3.05, 3.63) is 6.92 Å². The van der Waals surface area contributed by atoms with Gasteiger partial charge in [-0.2, -0.15) is 0 Å². The fourth-order valence-electron chi connectivity index (χ4n) is 0.657. The zero-order valence-electron chi connectivity index (χ0n) is 5.69. The molecule has 1 atom stereocenters. The molecule has 0 saturated carbocycles. The van der Waals surface area contributed by atoms with Crippen molar-refractivity contribution in [1.82, 2.24) is 0 Å². The van der Waals surface area contributed by atoms with E-state index in [0.29, 0.717) is 0 Å². The summed E-state index contributed by atoms with van der Waals surface area (Å²) >= 11 is 0. The first-order valence-corrected chi connectivity index (χ1v) is 3.36. The van der Waals surface area contributed by atoms with E-state index >= 15 is 0 Å². The molecule has 0 aromatic heterocycles. The van der Waals surface area contributed by atoms with Crippen LogP contribution in [0.2, 0.25) is 0 Å². The summed E-state index contributed by atoms with van der Waals surface area (Å²) in [5.41, 5.74) is 5.42. The Kier molecular flexibility index (Phi) is 5.08. The van der Waals surface area contributed by atoms with E-state index in [-0.39, 0.29) is 6.04 Å². The van der Waals surface area contributed by atoms with Crippen molar-refractivity contribution in [2.24, 2.45) is 5.73 Å². The van der Waals surface area contributed by atoms with Crippen molar-refractivity contribution >= 4 is 0 Å². The van der Waals surface area contributed by atoms with E-state index in [1.54, 1.807) is 0 Å². The van der Waals surface area contributed by atoms with Crippen LogP contribution in [0, 0.1) is 6.92 Å². The number of hydrogen-bond donors (Lipinski definition) is 1. The molecule has 0 aliphatic heterocycles. The van der Waals surface area contributed by atoms with E-state index in [9.17, 15) is 0 Å². The Morgan fingerprint density at radius 3 is 2.50 bits per heavy atom. The van der Waals surface area contributed by atoms with Gasteiger partial charge >= 0.3 is 0 Å². The number of unbranched alkanes of at least 4 members (excludes halogenated alkanes) is 2. The lowest BCUT2D eigenvalue weighted by molar-refractivity contribution is 0.621. The second-order valence-corrected chi connectivity index (χ2v) is 2.26. The maximum absolute atomic E-state index is 5.42. The summed E-state index contributed by atoms with van der Waals surface area (Å²) in [5, 5.41) is 0. The quantitative estimate of drug-likeness (QED) is 0.553. The van der Waals surface area contributed by atoms with Gasteiger partial charge in [-0.05, 0) is 13.3 Å². The predicted octanol–water partition coefficient (Wildman–Crippen LogP) is 1.73. The molecule has 0 amide bonds. The van der Waals surface area contributed by atoms with Crippen molar-refractivity contribution < 1.29 is 0 Å². The molecule has 1 heteroatoms. The summed E-state index contributed by atoms with van der Waals surface area (Å²) in [4.78, 5) is 0. The molecule has 0 aliphatic rings. The lowest BCUT2D eigenvalue weighted by Crippen LogP contribution is -2.14. The van der Waals surface area contributed by atoms with Crippen LogP contribution in [0.3, 0.4) is 0 Å². The van der Waals surface area contributed by atoms with Gasteiger partial charge in [0.25, 0.3) is 0 Å². The molecular formula is C7H16N. The highest BCUT2D eigenvalue weighted by molar-refractivity contribution is 4.61. The van der Waals surface area contributed by atoms with Gasteiger partial charge < -0.3 is 5.73 Å². The van der Waals surface area contributed by atoms with Gasteiger partial charge in [-0.25, -0.2) is 0 Å². The largest absolute Gasteiger partial charge is 0.328 e. The van der Waals surface area contributed by atoms with Gasteiger partial charge in [0.05, 0.1) is 0 Å². The summed E-state index contributed by atoms with van der Waals surface area (Å²) in [7, 11) is 0. The third kappa shape index (κ3) is 5.96. The highest BCUT2D eigenvalue weighted by atomic mass is 14.6. The fraction of sp³-hybridized carbons (Fsp3) is 0.857.